The van der Waals surface area contributed by atoms with Crippen LogP contribution in [0.4, 0.5) is 29.3 Å². The van der Waals surface area contributed by atoms with E-state index >= 15 is 0 Å². The van der Waals surface area contributed by atoms with Crippen molar-refractivity contribution in [3.05, 3.63) is 101 Å². The van der Waals surface area contributed by atoms with Crippen LogP contribution < -0.4 is 21.6 Å². The smallest absolute Gasteiger partial charge is 0.416 e. The van der Waals surface area contributed by atoms with E-state index in [2.05, 4.69) is 20.6 Å². The van der Waals surface area contributed by atoms with Crippen molar-refractivity contribution in [1.29, 1.82) is 5.41 Å². The van der Waals surface area contributed by atoms with Gasteiger partial charge in [0.2, 0.25) is 0 Å². The van der Waals surface area contributed by atoms with Crippen LogP contribution in [-0.2, 0) is 6.18 Å². The fourth-order valence-electron chi connectivity index (χ4n) is 3.84. The first-order chi connectivity index (χ1) is 18.1. The van der Waals surface area contributed by atoms with E-state index in [1.807, 2.05) is 0 Å². The molecule has 0 aliphatic heterocycles. The van der Waals surface area contributed by atoms with E-state index in [0.29, 0.717) is 16.1 Å². The first-order valence-corrected chi connectivity index (χ1v) is 10.9. The molecule has 0 atom stereocenters. The molecule has 0 fully saturated rings. The summed E-state index contributed by atoms with van der Waals surface area (Å²) in [5.41, 5.74) is -0.706. The van der Waals surface area contributed by atoms with Crippen molar-refractivity contribution in [2.45, 2.75) is 6.18 Å². The van der Waals surface area contributed by atoms with Crippen LogP contribution >= 0.6 is 0 Å². The molecule has 0 aliphatic rings. The van der Waals surface area contributed by atoms with Crippen LogP contribution in [0.2, 0.25) is 0 Å². The zero-order valence-corrected chi connectivity index (χ0v) is 19.1. The van der Waals surface area contributed by atoms with Crippen molar-refractivity contribution in [3.8, 4) is 11.4 Å². The molecule has 0 unspecified atom stereocenters. The third kappa shape index (κ3) is 4.57. The Bertz CT molecular complexity index is 1760. The summed E-state index contributed by atoms with van der Waals surface area (Å²) in [6.07, 6.45) is 2.17. The van der Waals surface area contributed by atoms with Crippen LogP contribution in [0.5, 0.6) is 0 Å². The maximum atomic E-state index is 13.3. The number of fused-ring (bicyclic) bond motifs is 1. The number of nitrogens with zero attached hydrogens (tertiary/aromatic N) is 5. The lowest BCUT2D eigenvalue weighted by molar-refractivity contribution is -0.137. The molecule has 3 heterocycles. The third-order valence-electron chi connectivity index (χ3n) is 5.58. The SMILES string of the molecule is N=c1ncn(O)c2c1c(=O)ccn2-c1ccc(NC(=O)Nc2cc(C(F)(F)F)ccc2-n2ccnc2)cc1. The third-order valence-corrected chi connectivity index (χ3v) is 5.58. The van der Waals surface area contributed by atoms with Gasteiger partial charge in [0.25, 0.3) is 0 Å². The normalized spacial score (nSPS) is 11.4. The Kier molecular flexibility index (Phi) is 5.91. The number of carbonyl (C=O) groups excluding carboxylic acids is 1. The zero-order chi connectivity index (χ0) is 27.0. The number of anilines is 2. The van der Waals surface area contributed by atoms with E-state index in [-0.39, 0.29) is 27.9 Å². The number of hydrogen-bond acceptors (Lipinski definition) is 6. The summed E-state index contributed by atoms with van der Waals surface area (Å²) in [6, 6.07) is 9.61. The van der Waals surface area contributed by atoms with Gasteiger partial charge < -0.3 is 20.4 Å². The standard InChI is InChI=1S/C24H17F3N8O3/c25-24(26,27)14-1-6-18(33-10-8-29-12-33)17(11-14)32-23(37)31-15-2-4-16(5-3-15)34-9-7-19(36)20-21(28)30-13-35(38)22(20)34/h1-13,28,38H,(H2,31,32,37). The fourth-order valence-corrected chi connectivity index (χ4v) is 3.84. The van der Waals surface area contributed by atoms with Gasteiger partial charge in [0.15, 0.2) is 16.6 Å². The molecule has 0 saturated heterocycles. The van der Waals surface area contributed by atoms with E-state index in [1.54, 1.807) is 12.1 Å². The average molecular weight is 522 g/mol. The summed E-state index contributed by atoms with van der Waals surface area (Å²) in [7, 11) is 0. The molecule has 0 aliphatic carbocycles. The minimum absolute atomic E-state index is 0.0209. The topological polar surface area (TPSA) is 143 Å². The molecule has 5 rings (SSSR count). The predicted molar refractivity (Wildman–Crippen MR) is 130 cm³/mol. The summed E-state index contributed by atoms with van der Waals surface area (Å²) >= 11 is 0. The summed E-state index contributed by atoms with van der Waals surface area (Å²) in [4.78, 5) is 32.5. The Labute approximate surface area is 210 Å². The number of carbonyl (C=O) groups is 1. The van der Waals surface area contributed by atoms with Gasteiger partial charge in [-0.25, -0.2) is 14.8 Å². The van der Waals surface area contributed by atoms with Crippen molar-refractivity contribution >= 4 is 28.4 Å². The number of amides is 2. The van der Waals surface area contributed by atoms with Crippen LogP contribution in [0.15, 0.2) is 84.6 Å². The number of imidazole rings is 1. The van der Waals surface area contributed by atoms with E-state index in [4.69, 9.17) is 5.41 Å². The second kappa shape index (κ2) is 9.24. The van der Waals surface area contributed by atoms with Crippen LogP contribution in [0.25, 0.3) is 22.4 Å². The van der Waals surface area contributed by atoms with Gasteiger partial charge in [-0.05, 0) is 42.5 Å². The maximum absolute atomic E-state index is 13.3. The number of aromatic nitrogens is 5. The van der Waals surface area contributed by atoms with Crippen molar-refractivity contribution in [2.24, 2.45) is 0 Å². The molecule has 0 bridgehead atoms. The minimum Gasteiger partial charge on any atom is -0.425 e. The number of halogens is 3. The number of hydrogen-bond donors (Lipinski definition) is 4. The first-order valence-electron chi connectivity index (χ1n) is 10.9. The van der Waals surface area contributed by atoms with Crippen molar-refractivity contribution < 1.29 is 23.2 Å². The molecule has 14 heteroatoms. The van der Waals surface area contributed by atoms with Crippen molar-refractivity contribution in [1.82, 2.24) is 23.8 Å². The van der Waals surface area contributed by atoms with Gasteiger partial charge in [-0.1, -0.05) is 0 Å². The first kappa shape index (κ1) is 24.3. The molecule has 4 N–H and O–H groups in total. The average Bonchev–Trinajstić information content (AvgIpc) is 3.41. The maximum Gasteiger partial charge on any atom is 0.416 e. The molecular weight excluding hydrogens is 505 g/mol. The van der Waals surface area contributed by atoms with E-state index in [1.165, 1.54) is 58.3 Å². The molecule has 0 spiro atoms. The second-order valence-electron chi connectivity index (χ2n) is 8.01. The highest BCUT2D eigenvalue weighted by Crippen LogP contribution is 2.33. The van der Waals surface area contributed by atoms with Crippen molar-refractivity contribution in [3.63, 3.8) is 0 Å². The van der Waals surface area contributed by atoms with Gasteiger partial charge in [-0.3, -0.25) is 14.8 Å². The molecule has 0 radical (unpaired) electrons. The van der Waals surface area contributed by atoms with Crippen LogP contribution in [0.3, 0.4) is 0 Å². The molecule has 38 heavy (non-hydrogen) atoms. The Morgan fingerprint density at radius 3 is 2.45 bits per heavy atom. The second-order valence-corrected chi connectivity index (χ2v) is 8.01. The molecule has 2 aromatic carbocycles. The summed E-state index contributed by atoms with van der Waals surface area (Å²) < 4.78 is 43.4. The van der Waals surface area contributed by atoms with Crippen molar-refractivity contribution in [2.75, 3.05) is 10.6 Å². The highest BCUT2D eigenvalue weighted by atomic mass is 19.4. The largest absolute Gasteiger partial charge is 0.425 e. The lowest BCUT2D eigenvalue weighted by atomic mass is 10.1. The molecule has 192 valence electrons. The Morgan fingerprint density at radius 1 is 1.00 bits per heavy atom. The Morgan fingerprint density at radius 2 is 1.76 bits per heavy atom. The number of benzene rings is 2. The molecule has 3 aromatic heterocycles. The summed E-state index contributed by atoms with van der Waals surface area (Å²) in [5, 5.41) is 23.0. The minimum atomic E-state index is -4.61. The lowest BCUT2D eigenvalue weighted by Crippen LogP contribution is -2.22. The molecule has 11 nitrogen and oxygen atoms in total. The van der Waals surface area contributed by atoms with Gasteiger partial charge in [-0.15, -0.1) is 0 Å². The predicted octanol–water partition coefficient (Wildman–Crippen LogP) is 3.75. The number of alkyl halides is 3. The van der Waals surface area contributed by atoms with Crippen LogP contribution in [-0.4, -0.2) is 35.1 Å². The molecule has 2 amide bonds. The van der Waals surface area contributed by atoms with Gasteiger partial charge in [0.1, 0.15) is 11.7 Å². The molecule has 0 saturated carbocycles. The number of rotatable bonds is 4. The zero-order valence-electron chi connectivity index (χ0n) is 19.1. The van der Waals surface area contributed by atoms with Gasteiger partial charge in [0, 0.05) is 36.0 Å². The summed E-state index contributed by atoms with van der Waals surface area (Å²) in [6.45, 7) is 0. The number of pyridine rings is 1. The van der Waals surface area contributed by atoms with Crippen LogP contribution in [0.1, 0.15) is 5.56 Å². The highest BCUT2D eigenvalue weighted by Gasteiger charge is 2.31. The Balaban J connectivity index is 1.41. The Hall–Kier alpha value is -5.40. The quantitative estimate of drug-likeness (QED) is 0.266. The molecule has 5 aromatic rings. The molecular formula is C24H17F3N8O3. The number of nitrogens with one attached hydrogen (secondary N) is 3. The van der Waals surface area contributed by atoms with Crippen LogP contribution in [0, 0.1) is 5.41 Å². The van der Waals surface area contributed by atoms with E-state index in [0.717, 1.165) is 18.5 Å². The van der Waals surface area contributed by atoms with E-state index < -0.39 is 23.2 Å². The van der Waals surface area contributed by atoms with Gasteiger partial charge in [0.05, 0.1) is 23.3 Å². The number of urea groups is 1. The lowest BCUT2D eigenvalue weighted by Gasteiger charge is -2.16. The fraction of sp³-hybridized carbons (Fsp3) is 0.0417. The van der Waals surface area contributed by atoms with Gasteiger partial charge >= 0.3 is 12.2 Å². The van der Waals surface area contributed by atoms with E-state index in [9.17, 15) is 28.0 Å². The monoisotopic (exact) mass is 522 g/mol. The highest BCUT2D eigenvalue weighted by molar-refractivity contribution is 6.01. The van der Waals surface area contributed by atoms with Gasteiger partial charge in [-0.2, -0.15) is 17.9 Å². The summed E-state index contributed by atoms with van der Waals surface area (Å²) in [5.74, 6) is 0.